The fraction of sp³-hybridized carbons (Fsp3) is 0.179. The Morgan fingerprint density at radius 1 is 1.03 bits per heavy atom. The summed E-state index contributed by atoms with van der Waals surface area (Å²) in [5.74, 6) is -2.44. The standard InChI is InChI=1S/C28H23Cl2NO6/c1-15-6-4-5-7-19(15)23-22(24(32)20-12-18(29)13-21(30)26(20)36-2)25(33)27(34)31(23)14-16-8-10-17(11-9-16)28(35)37-3/h4-13,23,32H,14H2,1-3H3/b24-22+. The number of hydrogen-bond acceptors (Lipinski definition) is 6. The first-order valence-corrected chi connectivity index (χ1v) is 12.0. The van der Waals surface area contributed by atoms with Crippen LogP contribution in [0, 0.1) is 6.92 Å². The van der Waals surface area contributed by atoms with Crippen LogP contribution in [0.5, 0.6) is 5.75 Å². The first-order valence-electron chi connectivity index (χ1n) is 11.2. The Hall–Kier alpha value is -3.81. The van der Waals surface area contributed by atoms with Gasteiger partial charge in [-0.3, -0.25) is 9.59 Å². The van der Waals surface area contributed by atoms with Crippen LogP contribution in [0.15, 0.2) is 66.2 Å². The average Bonchev–Trinajstić information content (AvgIpc) is 3.13. The number of aliphatic hydroxyl groups excluding tert-OH is 1. The number of halogens is 2. The van der Waals surface area contributed by atoms with Gasteiger partial charge in [-0.25, -0.2) is 4.79 Å². The molecule has 0 aromatic heterocycles. The molecular weight excluding hydrogens is 517 g/mol. The molecule has 9 heteroatoms. The molecule has 3 aromatic carbocycles. The number of likely N-dealkylation sites (tertiary alicyclic amines) is 1. The van der Waals surface area contributed by atoms with Crippen LogP contribution in [0.25, 0.3) is 5.76 Å². The van der Waals surface area contributed by atoms with Crippen LogP contribution in [-0.2, 0) is 20.9 Å². The highest BCUT2D eigenvalue weighted by Crippen LogP contribution is 2.44. The van der Waals surface area contributed by atoms with Gasteiger partial charge in [0.25, 0.3) is 11.7 Å². The largest absolute Gasteiger partial charge is 0.507 e. The van der Waals surface area contributed by atoms with E-state index in [2.05, 4.69) is 0 Å². The van der Waals surface area contributed by atoms with Crippen molar-refractivity contribution in [3.8, 4) is 5.75 Å². The maximum absolute atomic E-state index is 13.4. The van der Waals surface area contributed by atoms with Gasteiger partial charge < -0.3 is 19.5 Å². The van der Waals surface area contributed by atoms with Gasteiger partial charge in [-0.15, -0.1) is 0 Å². The monoisotopic (exact) mass is 539 g/mol. The molecule has 1 aliphatic heterocycles. The van der Waals surface area contributed by atoms with Gasteiger partial charge in [0.05, 0.1) is 42.0 Å². The molecule has 1 unspecified atom stereocenters. The number of carbonyl (C=O) groups is 3. The van der Waals surface area contributed by atoms with E-state index in [1.165, 1.54) is 31.3 Å². The van der Waals surface area contributed by atoms with Crippen molar-refractivity contribution >= 4 is 46.6 Å². The van der Waals surface area contributed by atoms with E-state index < -0.39 is 29.5 Å². The van der Waals surface area contributed by atoms with E-state index in [1.807, 2.05) is 19.1 Å². The molecule has 1 amide bonds. The molecule has 0 bridgehead atoms. The zero-order chi connectivity index (χ0) is 26.9. The molecule has 1 N–H and O–H groups in total. The van der Waals surface area contributed by atoms with Crippen molar-refractivity contribution in [1.29, 1.82) is 0 Å². The van der Waals surface area contributed by atoms with Crippen molar-refractivity contribution in [2.75, 3.05) is 14.2 Å². The first kappa shape index (κ1) is 26.3. The van der Waals surface area contributed by atoms with Crippen molar-refractivity contribution < 1.29 is 29.0 Å². The fourth-order valence-corrected chi connectivity index (χ4v) is 4.98. The molecule has 1 saturated heterocycles. The third-order valence-electron chi connectivity index (χ3n) is 6.22. The number of carbonyl (C=O) groups excluding carboxylic acids is 3. The van der Waals surface area contributed by atoms with E-state index in [0.717, 1.165) is 5.56 Å². The SMILES string of the molecule is COC(=O)c1ccc(CN2C(=O)C(=O)/C(=C(/O)c3cc(Cl)cc(Cl)c3OC)C2c2ccccc2C)cc1. The summed E-state index contributed by atoms with van der Waals surface area (Å²) < 4.78 is 10.1. The summed E-state index contributed by atoms with van der Waals surface area (Å²) in [6.45, 7) is 1.91. The number of esters is 1. The molecule has 7 nitrogen and oxygen atoms in total. The van der Waals surface area contributed by atoms with Crippen LogP contribution in [0.2, 0.25) is 10.0 Å². The first-order chi connectivity index (χ1) is 17.7. The second kappa shape index (κ2) is 10.7. The Morgan fingerprint density at radius 3 is 2.32 bits per heavy atom. The third-order valence-corrected chi connectivity index (χ3v) is 6.72. The van der Waals surface area contributed by atoms with Crippen molar-refractivity contribution in [2.24, 2.45) is 0 Å². The molecule has 0 saturated carbocycles. The Kier molecular flexibility index (Phi) is 7.57. The van der Waals surface area contributed by atoms with Crippen LogP contribution >= 0.6 is 23.2 Å². The number of aryl methyl sites for hydroxylation is 1. The van der Waals surface area contributed by atoms with E-state index in [4.69, 9.17) is 32.7 Å². The molecule has 4 rings (SSSR count). The smallest absolute Gasteiger partial charge is 0.337 e. The molecule has 0 spiro atoms. The minimum Gasteiger partial charge on any atom is -0.507 e. The number of ketones is 1. The number of Topliss-reactive ketones (excluding diaryl/α,β-unsaturated/α-hetero) is 1. The van der Waals surface area contributed by atoms with Gasteiger partial charge in [0.2, 0.25) is 0 Å². The zero-order valence-electron chi connectivity index (χ0n) is 20.2. The highest BCUT2D eigenvalue weighted by atomic mass is 35.5. The van der Waals surface area contributed by atoms with Crippen LogP contribution < -0.4 is 4.74 Å². The van der Waals surface area contributed by atoms with Crippen molar-refractivity contribution in [3.05, 3.63) is 104 Å². The summed E-state index contributed by atoms with van der Waals surface area (Å²) in [7, 11) is 2.67. The lowest BCUT2D eigenvalue weighted by molar-refractivity contribution is -0.140. The normalized spacial score (nSPS) is 16.7. The summed E-state index contributed by atoms with van der Waals surface area (Å²) in [4.78, 5) is 39.9. The van der Waals surface area contributed by atoms with Gasteiger partial charge in [0, 0.05) is 11.6 Å². The van der Waals surface area contributed by atoms with Gasteiger partial charge in [-0.2, -0.15) is 0 Å². The molecule has 190 valence electrons. The maximum Gasteiger partial charge on any atom is 0.337 e. The van der Waals surface area contributed by atoms with Crippen molar-refractivity contribution in [1.82, 2.24) is 4.90 Å². The number of rotatable bonds is 6. The molecule has 37 heavy (non-hydrogen) atoms. The maximum atomic E-state index is 13.4. The zero-order valence-corrected chi connectivity index (χ0v) is 21.8. The van der Waals surface area contributed by atoms with E-state index in [1.54, 1.807) is 36.4 Å². The predicted octanol–water partition coefficient (Wildman–Crippen LogP) is 5.72. The van der Waals surface area contributed by atoms with Gasteiger partial charge >= 0.3 is 5.97 Å². The Morgan fingerprint density at radius 2 is 1.70 bits per heavy atom. The Labute approximate surface area is 223 Å². The van der Waals surface area contributed by atoms with E-state index in [-0.39, 0.29) is 33.5 Å². The van der Waals surface area contributed by atoms with Gasteiger partial charge in [-0.1, -0.05) is 59.6 Å². The molecule has 0 radical (unpaired) electrons. The highest BCUT2D eigenvalue weighted by Gasteiger charge is 2.46. The lowest BCUT2D eigenvalue weighted by Crippen LogP contribution is -2.29. The van der Waals surface area contributed by atoms with Gasteiger partial charge in [0.1, 0.15) is 11.5 Å². The number of amides is 1. The lowest BCUT2D eigenvalue weighted by Gasteiger charge is -2.27. The average molecular weight is 540 g/mol. The summed E-state index contributed by atoms with van der Waals surface area (Å²) >= 11 is 12.5. The van der Waals surface area contributed by atoms with Crippen LogP contribution in [-0.4, -0.2) is 41.9 Å². The van der Waals surface area contributed by atoms with Crippen molar-refractivity contribution in [3.63, 3.8) is 0 Å². The van der Waals surface area contributed by atoms with Gasteiger partial charge in [0.15, 0.2) is 0 Å². The second-order valence-electron chi connectivity index (χ2n) is 8.44. The summed E-state index contributed by atoms with van der Waals surface area (Å²) in [5, 5.41) is 11.8. The number of benzene rings is 3. The highest BCUT2D eigenvalue weighted by molar-refractivity contribution is 6.46. The summed E-state index contributed by atoms with van der Waals surface area (Å²) in [6, 6.07) is 15.8. The number of hydrogen-bond donors (Lipinski definition) is 1. The van der Waals surface area contributed by atoms with Crippen LogP contribution in [0.3, 0.4) is 0 Å². The van der Waals surface area contributed by atoms with E-state index >= 15 is 0 Å². The molecule has 3 aromatic rings. The number of aliphatic hydroxyl groups is 1. The minimum absolute atomic E-state index is 0.0508. The topological polar surface area (TPSA) is 93.1 Å². The van der Waals surface area contributed by atoms with Crippen molar-refractivity contribution in [2.45, 2.75) is 19.5 Å². The number of nitrogens with zero attached hydrogens (tertiary/aromatic N) is 1. The van der Waals surface area contributed by atoms with Gasteiger partial charge in [-0.05, 0) is 47.9 Å². The van der Waals surface area contributed by atoms with E-state index in [9.17, 15) is 19.5 Å². The predicted molar refractivity (Wildman–Crippen MR) is 140 cm³/mol. The lowest BCUT2D eigenvalue weighted by atomic mass is 9.92. The van der Waals surface area contributed by atoms with Crippen LogP contribution in [0.4, 0.5) is 0 Å². The minimum atomic E-state index is -0.899. The quantitative estimate of drug-likeness (QED) is 0.186. The Bertz CT molecular complexity index is 1430. The molecule has 1 aliphatic rings. The molecule has 1 heterocycles. The molecule has 1 atom stereocenters. The van der Waals surface area contributed by atoms with E-state index in [0.29, 0.717) is 16.7 Å². The second-order valence-corrected chi connectivity index (χ2v) is 9.28. The third kappa shape index (κ3) is 4.92. The van der Waals surface area contributed by atoms with Crippen LogP contribution in [0.1, 0.15) is 38.7 Å². The molecular formula is C28H23Cl2NO6. The number of ether oxygens (including phenoxy) is 2. The Balaban J connectivity index is 1.88. The molecule has 0 aliphatic carbocycles. The summed E-state index contributed by atoms with van der Waals surface area (Å²) in [6.07, 6.45) is 0. The number of methoxy groups -OCH3 is 2. The summed E-state index contributed by atoms with van der Waals surface area (Å²) in [5.41, 5.74) is 2.51. The molecule has 1 fully saturated rings. The fourth-order valence-electron chi connectivity index (χ4n) is 4.41.